The van der Waals surface area contributed by atoms with E-state index < -0.39 is 0 Å². The highest BCUT2D eigenvalue weighted by Gasteiger charge is 2.23. The lowest BCUT2D eigenvalue weighted by atomic mass is 10.1. The molecular formula is C32H37N9OS. The fraction of sp³-hybridized carbons (Fsp3) is 0.406. The predicted octanol–water partition coefficient (Wildman–Crippen LogP) is 5.60. The van der Waals surface area contributed by atoms with Crippen molar-refractivity contribution in [3.05, 3.63) is 75.4 Å². The first-order valence-corrected chi connectivity index (χ1v) is 16.0. The van der Waals surface area contributed by atoms with E-state index in [1.54, 1.807) is 17.0 Å². The molecule has 7 rings (SSSR count). The first kappa shape index (κ1) is 27.7. The van der Waals surface area contributed by atoms with Crippen LogP contribution < -0.4 is 16.2 Å². The number of fused-ring (bicyclic) bond motifs is 1. The van der Waals surface area contributed by atoms with Gasteiger partial charge in [0.1, 0.15) is 16.5 Å². The summed E-state index contributed by atoms with van der Waals surface area (Å²) in [5.41, 5.74) is 4.04. The Kier molecular flexibility index (Phi) is 7.67. The van der Waals surface area contributed by atoms with E-state index in [1.165, 1.54) is 24.2 Å². The van der Waals surface area contributed by atoms with Gasteiger partial charge in [-0.25, -0.2) is 15.0 Å². The van der Waals surface area contributed by atoms with Crippen LogP contribution in [0.25, 0.3) is 22.4 Å². The Hall–Kier alpha value is -4.09. The molecule has 0 atom stereocenters. The average molecular weight is 596 g/mol. The lowest BCUT2D eigenvalue weighted by Gasteiger charge is -2.30. The second-order valence-corrected chi connectivity index (χ2v) is 12.8. The molecule has 2 aliphatic rings. The van der Waals surface area contributed by atoms with Gasteiger partial charge in [-0.3, -0.25) is 9.36 Å². The zero-order chi connectivity index (χ0) is 29.3. The number of rotatable bonds is 8. The third-order valence-electron chi connectivity index (χ3n) is 8.74. The molecule has 2 N–H and O–H groups in total. The van der Waals surface area contributed by atoms with Gasteiger partial charge in [0.15, 0.2) is 0 Å². The molecule has 1 saturated carbocycles. The van der Waals surface area contributed by atoms with Crippen molar-refractivity contribution in [2.45, 2.75) is 57.0 Å². The summed E-state index contributed by atoms with van der Waals surface area (Å²) in [6, 6.07) is 10.6. The largest absolute Gasteiger partial charge is 0.382 e. The summed E-state index contributed by atoms with van der Waals surface area (Å²) in [7, 11) is 4.14. The van der Waals surface area contributed by atoms with Crippen LogP contribution in [0.1, 0.15) is 55.1 Å². The van der Waals surface area contributed by atoms with E-state index in [0.717, 1.165) is 66.2 Å². The maximum absolute atomic E-state index is 14.1. The van der Waals surface area contributed by atoms with Crippen molar-refractivity contribution in [1.82, 2.24) is 34.0 Å². The Bertz CT molecular complexity index is 1760. The molecule has 2 fully saturated rings. The summed E-state index contributed by atoms with van der Waals surface area (Å²) in [5, 5.41) is 10.5. The summed E-state index contributed by atoms with van der Waals surface area (Å²) in [4.78, 5) is 35.3. The van der Waals surface area contributed by atoms with Crippen LogP contribution in [0.2, 0.25) is 0 Å². The number of likely N-dealkylation sites (tertiary alicyclic amines) is 1. The standard InChI is InChI=1S/C32H37N9OS/c1-39-14-11-25(12-15-39)35-23-7-9-24(10-8-23)36-32-34-18-22-17-26(30-37-27(19-40(30)2)21-5-3-4-6-21)31(42)41(29(22)38-32)20-28-33-13-16-43-28/h7-10,13,16-19,21,25,35H,3-6,11-12,14-15,20H2,1-2H3,(H,34,36,38). The van der Waals surface area contributed by atoms with Crippen molar-refractivity contribution in [3.8, 4) is 11.4 Å². The van der Waals surface area contributed by atoms with Crippen LogP contribution in [0.15, 0.2) is 59.1 Å². The van der Waals surface area contributed by atoms with Crippen LogP contribution >= 0.6 is 11.3 Å². The molecule has 222 valence electrons. The van der Waals surface area contributed by atoms with Crippen LogP contribution in [0.5, 0.6) is 0 Å². The molecule has 0 unspecified atom stereocenters. The number of hydrogen-bond donors (Lipinski definition) is 2. The normalized spacial score (nSPS) is 16.7. The molecule has 5 aromatic rings. The maximum atomic E-state index is 14.1. The highest BCUT2D eigenvalue weighted by atomic mass is 32.1. The number of aromatic nitrogens is 6. The first-order chi connectivity index (χ1) is 21.0. The molecule has 1 aliphatic carbocycles. The van der Waals surface area contributed by atoms with Crippen molar-refractivity contribution in [2.24, 2.45) is 7.05 Å². The van der Waals surface area contributed by atoms with Crippen LogP contribution in [-0.2, 0) is 13.6 Å². The Morgan fingerprint density at radius 1 is 0.977 bits per heavy atom. The zero-order valence-electron chi connectivity index (χ0n) is 24.7. The highest BCUT2D eigenvalue weighted by Crippen LogP contribution is 2.34. The third-order valence-corrected chi connectivity index (χ3v) is 9.51. The van der Waals surface area contributed by atoms with Gasteiger partial charge in [-0.2, -0.15) is 4.98 Å². The Morgan fingerprint density at radius 3 is 2.49 bits per heavy atom. The Labute approximate surface area is 254 Å². The summed E-state index contributed by atoms with van der Waals surface area (Å²) in [6.45, 7) is 2.57. The highest BCUT2D eigenvalue weighted by molar-refractivity contribution is 7.09. The topological polar surface area (TPSA) is 106 Å². The second-order valence-electron chi connectivity index (χ2n) is 11.9. The van der Waals surface area contributed by atoms with Gasteiger partial charge in [-0.15, -0.1) is 11.3 Å². The number of benzene rings is 1. The molecule has 1 aliphatic heterocycles. The minimum atomic E-state index is -0.136. The fourth-order valence-electron chi connectivity index (χ4n) is 6.32. The Morgan fingerprint density at radius 2 is 1.74 bits per heavy atom. The van der Waals surface area contributed by atoms with Gasteiger partial charge in [0.05, 0.1) is 17.8 Å². The molecule has 5 heterocycles. The minimum absolute atomic E-state index is 0.136. The smallest absolute Gasteiger partial charge is 0.263 e. The van der Waals surface area contributed by atoms with Crippen LogP contribution in [0.3, 0.4) is 0 Å². The van der Waals surface area contributed by atoms with Crippen molar-refractivity contribution in [3.63, 3.8) is 0 Å². The molecule has 0 amide bonds. The summed E-state index contributed by atoms with van der Waals surface area (Å²) in [6.07, 6.45) is 12.7. The van der Waals surface area contributed by atoms with Gasteiger partial charge < -0.3 is 20.1 Å². The predicted molar refractivity (Wildman–Crippen MR) is 172 cm³/mol. The van der Waals surface area contributed by atoms with Crippen molar-refractivity contribution in [1.29, 1.82) is 0 Å². The molecule has 43 heavy (non-hydrogen) atoms. The molecule has 0 spiro atoms. The number of thiazole rings is 1. The maximum Gasteiger partial charge on any atom is 0.263 e. The van der Waals surface area contributed by atoms with Crippen LogP contribution in [0, 0.1) is 0 Å². The van der Waals surface area contributed by atoms with Gasteiger partial charge in [0, 0.05) is 59.7 Å². The molecule has 10 nitrogen and oxygen atoms in total. The van der Waals surface area contributed by atoms with Gasteiger partial charge >= 0.3 is 0 Å². The number of pyridine rings is 1. The zero-order valence-corrected chi connectivity index (χ0v) is 25.5. The third kappa shape index (κ3) is 5.92. The van der Waals surface area contributed by atoms with E-state index in [4.69, 9.17) is 9.97 Å². The van der Waals surface area contributed by atoms with E-state index in [9.17, 15) is 4.79 Å². The van der Waals surface area contributed by atoms with E-state index in [0.29, 0.717) is 41.5 Å². The second kappa shape index (κ2) is 11.9. The van der Waals surface area contributed by atoms with Gasteiger partial charge in [0.25, 0.3) is 5.56 Å². The molecular weight excluding hydrogens is 558 g/mol. The molecule has 4 aromatic heterocycles. The fourth-order valence-corrected chi connectivity index (χ4v) is 6.92. The van der Waals surface area contributed by atoms with E-state index in [-0.39, 0.29) is 5.56 Å². The molecule has 0 bridgehead atoms. The lowest BCUT2D eigenvalue weighted by molar-refractivity contribution is 0.264. The van der Waals surface area contributed by atoms with Gasteiger partial charge in [-0.05, 0) is 76.2 Å². The van der Waals surface area contributed by atoms with Crippen LogP contribution in [-0.4, -0.2) is 60.1 Å². The number of nitrogens with one attached hydrogen (secondary N) is 2. The lowest BCUT2D eigenvalue weighted by Crippen LogP contribution is -2.36. The number of hydrogen-bond acceptors (Lipinski definition) is 9. The quantitative estimate of drug-likeness (QED) is 0.239. The van der Waals surface area contributed by atoms with Crippen LogP contribution in [0.4, 0.5) is 17.3 Å². The first-order valence-electron chi connectivity index (χ1n) is 15.1. The summed E-state index contributed by atoms with van der Waals surface area (Å²) in [5.74, 6) is 1.58. The summed E-state index contributed by atoms with van der Waals surface area (Å²) < 4.78 is 3.68. The number of anilines is 3. The number of imidazole rings is 1. The van der Waals surface area contributed by atoms with Crippen molar-refractivity contribution >= 4 is 39.7 Å². The van der Waals surface area contributed by atoms with E-state index in [2.05, 4.69) is 50.9 Å². The molecule has 1 aromatic carbocycles. The molecule has 0 radical (unpaired) electrons. The monoisotopic (exact) mass is 595 g/mol. The molecule has 1 saturated heterocycles. The minimum Gasteiger partial charge on any atom is -0.382 e. The van der Waals surface area contributed by atoms with Gasteiger partial charge in [-0.1, -0.05) is 12.8 Å². The van der Waals surface area contributed by atoms with Gasteiger partial charge in [0.2, 0.25) is 5.95 Å². The van der Waals surface area contributed by atoms with Crippen molar-refractivity contribution in [2.75, 3.05) is 30.8 Å². The summed E-state index contributed by atoms with van der Waals surface area (Å²) >= 11 is 1.52. The Balaban J connectivity index is 1.19. The molecule has 11 heteroatoms. The van der Waals surface area contributed by atoms with Crippen molar-refractivity contribution < 1.29 is 0 Å². The SMILES string of the molecule is CN1CCC(Nc2ccc(Nc3ncc4cc(-c5nc(C6CCCC6)cn5C)c(=O)n(Cc5nccs5)c4n3)cc2)CC1. The number of aryl methyl sites for hydroxylation is 1. The number of piperidine rings is 1. The van der Waals surface area contributed by atoms with E-state index in [1.807, 2.05) is 35.2 Å². The average Bonchev–Trinajstić information content (AvgIpc) is 3.80. The van der Waals surface area contributed by atoms with E-state index >= 15 is 0 Å². The number of nitrogens with zero attached hydrogens (tertiary/aromatic N) is 7.